The van der Waals surface area contributed by atoms with Crippen LogP contribution in [0.3, 0.4) is 0 Å². The summed E-state index contributed by atoms with van der Waals surface area (Å²) >= 11 is 0. The van der Waals surface area contributed by atoms with Gasteiger partial charge in [0.05, 0.1) is 36.6 Å². The molecule has 1 spiro atoms. The van der Waals surface area contributed by atoms with Crippen LogP contribution < -0.4 is 0 Å². The van der Waals surface area contributed by atoms with E-state index in [9.17, 15) is 39.9 Å². The zero-order chi connectivity index (χ0) is 30.0. The average Bonchev–Trinajstić information content (AvgIpc) is 3.30. The van der Waals surface area contributed by atoms with Gasteiger partial charge in [0, 0.05) is 5.41 Å². The van der Waals surface area contributed by atoms with Crippen molar-refractivity contribution in [2.75, 3.05) is 7.11 Å². The molecule has 13 atom stereocenters. The van der Waals surface area contributed by atoms with E-state index in [-0.39, 0.29) is 25.0 Å². The van der Waals surface area contributed by atoms with Crippen LogP contribution in [-0.4, -0.2) is 96.6 Å². The van der Waals surface area contributed by atoms with Crippen molar-refractivity contribution in [2.24, 2.45) is 28.6 Å². The minimum atomic E-state index is -2.91. The number of esters is 2. The number of rotatable bonds is 1. The Morgan fingerprint density at radius 1 is 1.05 bits per heavy atom. The number of carbonyl (C=O) groups excluding carboxylic acids is 3. The van der Waals surface area contributed by atoms with Crippen LogP contribution in [0.1, 0.15) is 53.4 Å². The number of aliphatic hydroxyl groups is 5. The van der Waals surface area contributed by atoms with E-state index in [1.54, 1.807) is 13.0 Å². The molecule has 4 heterocycles. The van der Waals surface area contributed by atoms with Crippen LogP contribution in [0.5, 0.6) is 0 Å². The van der Waals surface area contributed by atoms with Gasteiger partial charge in [-0.3, -0.25) is 4.79 Å². The maximum absolute atomic E-state index is 13.7. The second kappa shape index (κ2) is 7.29. The Morgan fingerprint density at radius 3 is 2.39 bits per heavy atom. The lowest BCUT2D eigenvalue weighted by molar-refractivity contribution is -0.411. The Morgan fingerprint density at radius 2 is 1.73 bits per heavy atom. The van der Waals surface area contributed by atoms with Crippen LogP contribution in [0.15, 0.2) is 23.8 Å². The molecule has 0 aromatic rings. The normalized spacial score (nSPS) is 59.9. The van der Waals surface area contributed by atoms with Gasteiger partial charge in [-0.1, -0.05) is 24.6 Å². The number of fused-ring (bicyclic) bond motifs is 6. The van der Waals surface area contributed by atoms with E-state index in [4.69, 9.17) is 18.9 Å². The lowest BCUT2D eigenvalue weighted by Crippen LogP contribution is -2.77. The number of carbonyl (C=O) groups is 3. The first-order valence-electron chi connectivity index (χ1n) is 14.1. The van der Waals surface area contributed by atoms with Gasteiger partial charge >= 0.3 is 11.9 Å². The van der Waals surface area contributed by atoms with E-state index in [1.807, 2.05) is 0 Å². The molecule has 224 valence electrons. The number of ketones is 1. The molecule has 0 aromatic heterocycles. The number of aliphatic hydroxyl groups excluding tert-OH is 2. The van der Waals surface area contributed by atoms with E-state index in [0.29, 0.717) is 12.0 Å². The summed E-state index contributed by atoms with van der Waals surface area (Å²) in [7, 11) is 1.12. The molecule has 4 aliphatic heterocycles. The van der Waals surface area contributed by atoms with Crippen molar-refractivity contribution in [2.45, 2.75) is 99.6 Å². The summed E-state index contributed by atoms with van der Waals surface area (Å²) in [6, 6.07) is 0. The molecule has 7 rings (SSSR count). The van der Waals surface area contributed by atoms with Crippen molar-refractivity contribution >= 4 is 17.7 Å². The van der Waals surface area contributed by atoms with Crippen LogP contribution in [0.4, 0.5) is 0 Å². The fraction of sp³-hybridized carbons (Fsp3) is 0.759. The SMILES string of the molecule is COC(=O)[C@@]1(C)O[C@@]2(O)[C@@H]3[C@@]45O[C@]2(O)[C@@H]2[C@H](O)C=C6CC=CC(=O)[C@]6(C)[C@H]2CC[C@@]4(O)C(=O)O[C@@]5(C)[C@H](O)C[C@@]31C. The molecular formula is C29H36O12. The van der Waals surface area contributed by atoms with Gasteiger partial charge in [0.25, 0.3) is 0 Å². The second-order valence-corrected chi connectivity index (χ2v) is 13.8. The highest BCUT2D eigenvalue weighted by Gasteiger charge is 2.98. The van der Waals surface area contributed by atoms with Crippen LogP contribution in [0.25, 0.3) is 0 Å². The second-order valence-electron chi connectivity index (χ2n) is 13.8. The van der Waals surface area contributed by atoms with E-state index in [1.165, 1.54) is 32.9 Å². The highest BCUT2D eigenvalue weighted by molar-refractivity contribution is 5.99. The summed E-state index contributed by atoms with van der Waals surface area (Å²) in [5, 5.41) is 61.2. The molecule has 2 bridgehead atoms. The summed E-state index contributed by atoms with van der Waals surface area (Å²) < 4.78 is 23.5. The summed E-state index contributed by atoms with van der Waals surface area (Å²) in [5.74, 6) is -12.1. The first kappa shape index (κ1) is 27.6. The average molecular weight is 577 g/mol. The molecule has 1 saturated carbocycles. The van der Waals surface area contributed by atoms with Crippen molar-refractivity contribution < 1.29 is 58.9 Å². The van der Waals surface area contributed by atoms with Crippen molar-refractivity contribution in [3.8, 4) is 0 Å². The van der Waals surface area contributed by atoms with Gasteiger partial charge < -0.3 is 44.5 Å². The molecule has 4 saturated heterocycles. The predicted molar refractivity (Wildman–Crippen MR) is 134 cm³/mol. The summed E-state index contributed by atoms with van der Waals surface area (Å²) in [6.45, 7) is 5.92. The Balaban J connectivity index is 1.57. The van der Waals surface area contributed by atoms with Crippen molar-refractivity contribution in [3.63, 3.8) is 0 Å². The first-order chi connectivity index (χ1) is 18.9. The third kappa shape index (κ3) is 2.41. The van der Waals surface area contributed by atoms with Crippen LogP contribution in [-0.2, 0) is 33.3 Å². The lowest BCUT2D eigenvalue weighted by atomic mass is 9.47. The number of ether oxygens (including phenoxy) is 4. The minimum absolute atomic E-state index is 0.0614. The summed E-state index contributed by atoms with van der Waals surface area (Å²) in [6.07, 6.45) is 1.23. The van der Waals surface area contributed by atoms with Crippen molar-refractivity contribution in [1.29, 1.82) is 0 Å². The quantitative estimate of drug-likeness (QED) is 0.197. The van der Waals surface area contributed by atoms with Gasteiger partial charge in [0.2, 0.25) is 11.6 Å². The van der Waals surface area contributed by atoms with E-state index >= 15 is 0 Å². The Bertz CT molecular complexity index is 1370. The highest BCUT2D eigenvalue weighted by Crippen LogP contribution is 2.79. The molecule has 0 radical (unpaired) electrons. The molecule has 0 amide bonds. The van der Waals surface area contributed by atoms with Gasteiger partial charge in [0.1, 0.15) is 0 Å². The molecule has 12 heteroatoms. The largest absolute Gasteiger partial charge is 0.467 e. The summed E-state index contributed by atoms with van der Waals surface area (Å²) in [5.41, 5.74) is -11.2. The van der Waals surface area contributed by atoms with Gasteiger partial charge in [-0.25, -0.2) is 9.59 Å². The molecule has 0 unspecified atom stereocenters. The van der Waals surface area contributed by atoms with Gasteiger partial charge in [-0.15, -0.1) is 0 Å². The number of methoxy groups -OCH3 is 1. The van der Waals surface area contributed by atoms with Gasteiger partial charge in [-0.2, -0.15) is 0 Å². The molecule has 12 nitrogen and oxygen atoms in total. The lowest BCUT2D eigenvalue weighted by Gasteiger charge is -2.60. The summed E-state index contributed by atoms with van der Waals surface area (Å²) in [4.78, 5) is 40.6. The Kier molecular flexibility index (Phi) is 4.92. The number of allylic oxidation sites excluding steroid dienone is 3. The molecule has 41 heavy (non-hydrogen) atoms. The standard InChI is InChI=1S/C29H36O12/c1-22-12-17(32)24(3)27-19(22)29(37,40-25(22,4)20(33)38-5)28(36,41-27)18-14(9-10-26(27,35)21(34)39-24)23(2)13(11-15(18)30)7-6-8-16(23)31/h6,8,11,14-15,17-19,30,32,35-37H,7,9-10,12H2,1-5H3/t14-,15+,17+,18-,19-,22-,23-,24-,25+,26+,27-,28+,29-/m0/s1. The van der Waals surface area contributed by atoms with E-state index in [0.717, 1.165) is 7.11 Å². The molecule has 5 N–H and O–H groups in total. The molecule has 3 aliphatic carbocycles. The smallest absolute Gasteiger partial charge is 0.342 e. The highest BCUT2D eigenvalue weighted by atomic mass is 16.8. The maximum atomic E-state index is 13.7. The zero-order valence-corrected chi connectivity index (χ0v) is 23.5. The predicted octanol–water partition coefficient (Wildman–Crippen LogP) is -0.609. The number of hydrogen-bond donors (Lipinski definition) is 5. The molecular weight excluding hydrogens is 540 g/mol. The third-order valence-corrected chi connectivity index (χ3v) is 12.5. The maximum Gasteiger partial charge on any atom is 0.342 e. The van der Waals surface area contributed by atoms with Crippen molar-refractivity contribution in [3.05, 3.63) is 23.8 Å². The van der Waals surface area contributed by atoms with Crippen LogP contribution >= 0.6 is 0 Å². The van der Waals surface area contributed by atoms with Gasteiger partial charge in [-0.05, 0) is 58.4 Å². The fourth-order valence-corrected chi connectivity index (χ4v) is 10.2. The molecule has 0 aromatic carbocycles. The first-order valence-corrected chi connectivity index (χ1v) is 14.1. The van der Waals surface area contributed by atoms with Crippen LogP contribution in [0, 0.1) is 28.6 Å². The minimum Gasteiger partial charge on any atom is -0.467 e. The topological polar surface area (TPSA) is 189 Å². The zero-order valence-electron chi connectivity index (χ0n) is 23.5. The van der Waals surface area contributed by atoms with E-state index < -0.39 is 86.7 Å². The molecule has 7 aliphatic rings. The third-order valence-electron chi connectivity index (χ3n) is 12.5. The van der Waals surface area contributed by atoms with Gasteiger partial charge in [0.15, 0.2) is 28.2 Å². The van der Waals surface area contributed by atoms with E-state index in [2.05, 4.69) is 0 Å². The van der Waals surface area contributed by atoms with Crippen molar-refractivity contribution in [1.82, 2.24) is 0 Å². The molecule has 5 fully saturated rings. The Hall–Kier alpha value is -2.19. The number of hydrogen-bond acceptors (Lipinski definition) is 12. The fourth-order valence-electron chi connectivity index (χ4n) is 10.2. The Labute approximate surface area is 235 Å². The monoisotopic (exact) mass is 576 g/mol. The van der Waals surface area contributed by atoms with Crippen LogP contribution in [0.2, 0.25) is 0 Å².